The Bertz CT molecular complexity index is 380. The summed E-state index contributed by atoms with van der Waals surface area (Å²) in [6.07, 6.45) is 0. The highest BCUT2D eigenvalue weighted by molar-refractivity contribution is 7.99. The molecule has 3 N–H and O–H groups in total. The van der Waals surface area contributed by atoms with Gasteiger partial charge >= 0.3 is 0 Å². The van der Waals surface area contributed by atoms with Crippen molar-refractivity contribution in [2.45, 2.75) is 38.2 Å². The van der Waals surface area contributed by atoms with Crippen LogP contribution in [-0.2, 0) is 5.75 Å². The highest BCUT2D eigenvalue weighted by Crippen LogP contribution is 2.31. The SMILES string of the molecule is Cc1sc(C(=O)NN)cc1CSC(C)(C)C. The van der Waals surface area contributed by atoms with Crippen molar-refractivity contribution in [3.8, 4) is 0 Å². The molecule has 0 aliphatic rings. The highest BCUT2D eigenvalue weighted by atomic mass is 32.2. The molecule has 0 fully saturated rings. The van der Waals surface area contributed by atoms with Crippen LogP contribution >= 0.6 is 23.1 Å². The molecule has 0 spiro atoms. The second-order valence-electron chi connectivity index (χ2n) is 4.57. The maximum absolute atomic E-state index is 11.3. The van der Waals surface area contributed by atoms with Crippen LogP contribution in [0.1, 0.15) is 40.9 Å². The van der Waals surface area contributed by atoms with Gasteiger partial charge in [-0.1, -0.05) is 20.8 Å². The minimum atomic E-state index is -0.208. The predicted molar refractivity (Wildman–Crippen MR) is 71.8 cm³/mol. The lowest BCUT2D eigenvalue weighted by atomic mass is 10.2. The molecule has 0 bridgehead atoms. The van der Waals surface area contributed by atoms with E-state index in [1.165, 1.54) is 21.8 Å². The number of thiophene rings is 1. The van der Waals surface area contributed by atoms with Gasteiger partial charge in [0.15, 0.2) is 0 Å². The average Bonchev–Trinajstić information content (AvgIpc) is 2.54. The number of hydrazine groups is 1. The number of nitrogens with two attached hydrogens (primary N) is 1. The van der Waals surface area contributed by atoms with E-state index in [0.29, 0.717) is 4.88 Å². The third-order valence-electron chi connectivity index (χ3n) is 2.04. The van der Waals surface area contributed by atoms with Gasteiger partial charge in [0, 0.05) is 15.4 Å². The number of thioether (sulfide) groups is 1. The standard InChI is InChI=1S/C11H18N2OS2/c1-7-8(6-15-11(2,3)4)5-9(16-7)10(14)13-12/h5H,6,12H2,1-4H3,(H,13,14). The van der Waals surface area contributed by atoms with Gasteiger partial charge in [-0.25, -0.2) is 5.84 Å². The third kappa shape index (κ3) is 3.81. The number of rotatable bonds is 3. The average molecular weight is 258 g/mol. The van der Waals surface area contributed by atoms with Crippen molar-refractivity contribution in [2.24, 2.45) is 5.84 Å². The van der Waals surface area contributed by atoms with E-state index >= 15 is 0 Å². The zero-order chi connectivity index (χ0) is 12.3. The minimum absolute atomic E-state index is 0.208. The van der Waals surface area contributed by atoms with Gasteiger partial charge in [-0.05, 0) is 18.6 Å². The van der Waals surface area contributed by atoms with E-state index in [1.807, 2.05) is 24.8 Å². The molecule has 0 saturated carbocycles. The quantitative estimate of drug-likeness (QED) is 0.498. The first-order chi connectivity index (χ1) is 7.33. The summed E-state index contributed by atoms with van der Waals surface area (Å²) in [5, 5.41) is 0. The van der Waals surface area contributed by atoms with Gasteiger partial charge in [0.2, 0.25) is 0 Å². The molecule has 0 radical (unpaired) electrons. The van der Waals surface area contributed by atoms with Crippen LogP contribution in [0.5, 0.6) is 0 Å². The van der Waals surface area contributed by atoms with E-state index in [2.05, 4.69) is 26.2 Å². The summed E-state index contributed by atoms with van der Waals surface area (Å²) in [6, 6.07) is 1.93. The minimum Gasteiger partial charge on any atom is -0.289 e. The Morgan fingerprint density at radius 3 is 2.69 bits per heavy atom. The molecule has 0 saturated heterocycles. The van der Waals surface area contributed by atoms with Crippen LogP contribution in [-0.4, -0.2) is 10.7 Å². The summed E-state index contributed by atoms with van der Waals surface area (Å²) in [4.78, 5) is 13.2. The van der Waals surface area contributed by atoms with Crippen molar-refractivity contribution < 1.29 is 4.79 Å². The summed E-state index contributed by atoms with van der Waals surface area (Å²) in [6.45, 7) is 8.60. The first kappa shape index (κ1) is 13.5. The van der Waals surface area contributed by atoms with Gasteiger partial charge in [-0.2, -0.15) is 11.8 Å². The largest absolute Gasteiger partial charge is 0.289 e. The van der Waals surface area contributed by atoms with Gasteiger partial charge in [0.1, 0.15) is 0 Å². The fraction of sp³-hybridized carbons (Fsp3) is 0.545. The molecule has 1 rings (SSSR count). The molecule has 0 atom stereocenters. The number of aryl methyl sites for hydroxylation is 1. The van der Waals surface area contributed by atoms with E-state index in [-0.39, 0.29) is 10.7 Å². The number of carbonyl (C=O) groups excluding carboxylic acids is 1. The fourth-order valence-corrected chi connectivity index (χ4v) is 3.06. The van der Waals surface area contributed by atoms with Crippen LogP contribution in [0.15, 0.2) is 6.07 Å². The fourth-order valence-electron chi connectivity index (χ4n) is 1.14. The Labute approximate surface area is 105 Å². The molecule has 1 aromatic heterocycles. The zero-order valence-corrected chi connectivity index (χ0v) is 11.7. The van der Waals surface area contributed by atoms with Gasteiger partial charge in [0.25, 0.3) is 5.91 Å². The summed E-state index contributed by atoms with van der Waals surface area (Å²) in [5.74, 6) is 5.83. The molecule has 0 unspecified atom stereocenters. The summed E-state index contributed by atoms with van der Waals surface area (Å²) >= 11 is 3.37. The van der Waals surface area contributed by atoms with Crippen molar-refractivity contribution in [1.29, 1.82) is 0 Å². The Kier molecular flexibility index (Phi) is 4.41. The summed E-state index contributed by atoms with van der Waals surface area (Å²) < 4.78 is 0.241. The smallest absolute Gasteiger partial charge is 0.275 e. The molecular weight excluding hydrogens is 240 g/mol. The van der Waals surface area contributed by atoms with Crippen LogP contribution in [0, 0.1) is 6.92 Å². The van der Waals surface area contributed by atoms with Crippen LogP contribution in [0.4, 0.5) is 0 Å². The monoisotopic (exact) mass is 258 g/mol. The molecule has 0 aliphatic heterocycles. The number of amides is 1. The lowest BCUT2D eigenvalue weighted by molar-refractivity contribution is 0.0957. The van der Waals surface area contributed by atoms with E-state index in [1.54, 1.807) is 0 Å². The van der Waals surface area contributed by atoms with Crippen LogP contribution in [0.2, 0.25) is 0 Å². The molecule has 16 heavy (non-hydrogen) atoms. The molecule has 5 heteroatoms. The molecule has 3 nitrogen and oxygen atoms in total. The van der Waals surface area contributed by atoms with E-state index in [4.69, 9.17) is 5.84 Å². The van der Waals surface area contributed by atoms with Gasteiger partial charge in [0.05, 0.1) is 4.88 Å². The Balaban J connectivity index is 2.75. The van der Waals surface area contributed by atoms with Crippen LogP contribution in [0.25, 0.3) is 0 Å². The maximum Gasteiger partial charge on any atom is 0.275 e. The lowest BCUT2D eigenvalue weighted by Gasteiger charge is -2.17. The Morgan fingerprint density at radius 1 is 1.56 bits per heavy atom. The van der Waals surface area contributed by atoms with Gasteiger partial charge in [-0.3, -0.25) is 10.2 Å². The highest BCUT2D eigenvalue weighted by Gasteiger charge is 2.15. The number of hydrogen-bond donors (Lipinski definition) is 2. The van der Waals surface area contributed by atoms with Crippen molar-refractivity contribution in [3.63, 3.8) is 0 Å². The number of nitrogens with one attached hydrogen (secondary N) is 1. The first-order valence-corrected chi connectivity index (χ1v) is 6.88. The number of hydrogen-bond acceptors (Lipinski definition) is 4. The van der Waals surface area contributed by atoms with E-state index in [0.717, 1.165) is 5.75 Å². The van der Waals surface area contributed by atoms with Crippen molar-refractivity contribution in [2.75, 3.05) is 0 Å². The molecule has 1 heterocycles. The third-order valence-corrected chi connectivity index (χ3v) is 4.45. The molecule has 90 valence electrons. The van der Waals surface area contributed by atoms with Crippen molar-refractivity contribution in [1.82, 2.24) is 5.43 Å². The second kappa shape index (κ2) is 5.21. The lowest BCUT2D eigenvalue weighted by Crippen LogP contribution is -2.29. The van der Waals surface area contributed by atoms with Gasteiger partial charge < -0.3 is 0 Å². The normalized spacial score (nSPS) is 11.6. The molecule has 0 aliphatic carbocycles. The predicted octanol–water partition coefficient (Wildman–Crippen LogP) is 2.69. The van der Waals surface area contributed by atoms with Crippen molar-refractivity contribution in [3.05, 3.63) is 21.4 Å². The Hall–Kier alpha value is -0.520. The van der Waals surface area contributed by atoms with E-state index in [9.17, 15) is 4.79 Å². The second-order valence-corrected chi connectivity index (χ2v) is 7.63. The number of carbonyl (C=O) groups is 1. The zero-order valence-electron chi connectivity index (χ0n) is 10.1. The van der Waals surface area contributed by atoms with Crippen LogP contribution < -0.4 is 11.3 Å². The maximum atomic E-state index is 11.3. The number of nitrogen functional groups attached to an aromatic ring is 1. The summed E-state index contributed by atoms with van der Waals surface area (Å²) in [7, 11) is 0. The molecule has 0 aromatic carbocycles. The summed E-state index contributed by atoms with van der Waals surface area (Å²) in [5.41, 5.74) is 3.38. The van der Waals surface area contributed by atoms with Crippen LogP contribution in [0.3, 0.4) is 0 Å². The van der Waals surface area contributed by atoms with E-state index < -0.39 is 0 Å². The molecular formula is C11H18N2OS2. The van der Waals surface area contributed by atoms with Crippen molar-refractivity contribution >= 4 is 29.0 Å². The van der Waals surface area contributed by atoms with Gasteiger partial charge in [-0.15, -0.1) is 11.3 Å². The topological polar surface area (TPSA) is 55.1 Å². The first-order valence-electron chi connectivity index (χ1n) is 5.07. The Morgan fingerprint density at radius 2 is 2.19 bits per heavy atom. The molecule has 1 amide bonds. The molecule has 1 aromatic rings.